The van der Waals surface area contributed by atoms with E-state index in [4.69, 9.17) is 0 Å². The highest BCUT2D eigenvalue weighted by atomic mass is 19.2. The van der Waals surface area contributed by atoms with Gasteiger partial charge in [0.2, 0.25) is 0 Å². The molecule has 3 rings (SSSR count). The predicted octanol–water partition coefficient (Wildman–Crippen LogP) is 3.70. The second-order valence-electron chi connectivity index (χ2n) is 4.68. The third kappa shape index (κ3) is 2.33. The normalized spacial score (nSPS) is 13.2. The molecule has 21 heavy (non-hydrogen) atoms. The number of hydrogen-bond acceptors (Lipinski definition) is 1. The summed E-state index contributed by atoms with van der Waals surface area (Å²) >= 11 is 0. The van der Waals surface area contributed by atoms with E-state index in [1.165, 1.54) is 4.90 Å². The largest absolute Gasteiger partial charge is 0.326 e. The monoisotopic (exact) mass is 292 g/mol. The van der Waals surface area contributed by atoms with Gasteiger partial charge in [-0.25, -0.2) is 18.0 Å². The molecule has 1 heterocycles. The van der Waals surface area contributed by atoms with Crippen molar-refractivity contribution in [1.29, 1.82) is 0 Å². The van der Waals surface area contributed by atoms with Crippen molar-refractivity contribution in [2.45, 2.75) is 6.42 Å². The second kappa shape index (κ2) is 5.12. The van der Waals surface area contributed by atoms with Crippen molar-refractivity contribution in [2.24, 2.45) is 0 Å². The summed E-state index contributed by atoms with van der Waals surface area (Å²) in [6.07, 6.45) is 0.698. The van der Waals surface area contributed by atoms with Crippen LogP contribution in [0.15, 0.2) is 36.4 Å². The average Bonchev–Trinajstić information content (AvgIpc) is 2.92. The molecule has 1 aliphatic heterocycles. The van der Waals surface area contributed by atoms with Crippen LogP contribution in [0, 0.1) is 17.5 Å². The number of carbonyl (C=O) groups excluding carboxylic acids is 1. The molecule has 0 saturated heterocycles. The predicted molar refractivity (Wildman–Crippen MR) is 72.8 cm³/mol. The van der Waals surface area contributed by atoms with Crippen LogP contribution in [0.3, 0.4) is 0 Å². The number of para-hydroxylation sites is 1. The van der Waals surface area contributed by atoms with Gasteiger partial charge in [0.05, 0.1) is 5.69 Å². The molecule has 0 aliphatic carbocycles. The minimum absolute atomic E-state index is 0.386. The molecule has 1 N–H and O–H groups in total. The maximum atomic E-state index is 13.6. The smallest absolute Gasteiger partial charge is 0.305 e. The molecule has 0 atom stereocenters. The fourth-order valence-corrected chi connectivity index (χ4v) is 2.35. The summed E-state index contributed by atoms with van der Waals surface area (Å²) in [5.41, 5.74) is 1.36. The van der Waals surface area contributed by atoms with E-state index in [1.807, 2.05) is 12.1 Å². The first-order valence-electron chi connectivity index (χ1n) is 6.38. The highest BCUT2D eigenvalue weighted by Crippen LogP contribution is 2.28. The number of halogens is 3. The van der Waals surface area contributed by atoms with Gasteiger partial charge >= 0.3 is 6.03 Å². The maximum absolute atomic E-state index is 13.6. The van der Waals surface area contributed by atoms with E-state index in [0.29, 0.717) is 13.0 Å². The van der Waals surface area contributed by atoms with Crippen LogP contribution in [0.4, 0.5) is 29.3 Å². The van der Waals surface area contributed by atoms with Crippen molar-refractivity contribution in [2.75, 3.05) is 16.8 Å². The molecular formula is C15H11F3N2O. The zero-order valence-electron chi connectivity index (χ0n) is 10.9. The molecule has 0 saturated carbocycles. The van der Waals surface area contributed by atoms with E-state index in [2.05, 4.69) is 5.32 Å². The van der Waals surface area contributed by atoms with Gasteiger partial charge in [0.15, 0.2) is 17.5 Å². The van der Waals surface area contributed by atoms with Crippen molar-refractivity contribution in [1.82, 2.24) is 0 Å². The Morgan fingerprint density at radius 2 is 1.81 bits per heavy atom. The Kier molecular flexibility index (Phi) is 3.29. The summed E-state index contributed by atoms with van der Waals surface area (Å²) in [5, 5.41) is 2.27. The van der Waals surface area contributed by atoms with E-state index in [0.717, 1.165) is 23.4 Å². The van der Waals surface area contributed by atoms with Gasteiger partial charge in [-0.1, -0.05) is 18.2 Å². The van der Waals surface area contributed by atoms with Crippen molar-refractivity contribution < 1.29 is 18.0 Å². The molecule has 2 aromatic rings. The first-order valence-corrected chi connectivity index (χ1v) is 6.38. The van der Waals surface area contributed by atoms with Crippen LogP contribution in [0.1, 0.15) is 5.56 Å². The summed E-state index contributed by atoms with van der Waals surface area (Å²) in [7, 11) is 0. The lowest BCUT2D eigenvalue weighted by Crippen LogP contribution is -2.33. The summed E-state index contributed by atoms with van der Waals surface area (Å²) < 4.78 is 39.6. The third-order valence-corrected chi connectivity index (χ3v) is 3.41. The standard InChI is InChI=1S/C15H11F3N2O/c16-10-5-6-11(14(18)13(10)17)19-15(21)20-8-7-9-3-1-2-4-12(9)20/h1-6H,7-8H2,(H,19,21). The van der Waals surface area contributed by atoms with Crippen LogP contribution in [-0.2, 0) is 6.42 Å². The van der Waals surface area contributed by atoms with E-state index < -0.39 is 23.5 Å². The van der Waals surface area contributed by atoms with Crippen molar-refractivity contribution in [3.63, 3.8) is 0 Å². The van der Waals surface area contributed by atoms with E-state index >= 15 is 0 Å². The molecule has 6 heteroatoms. The molecule has 0 fully saturated rings. The lowest BCUT2D eigenvalue weighted by molar-refractivity contribution is 0.257. The third-order valence-electron chi connectivity index (χ3n) is 3.41. The molecule has 0 radical (unpaired) electrons. The lowest BCUT2D eigenvalue weighted by Gasteiger charge is -2.18. The number of fused-ring (bicyclic) bond motifs is 1. The molecule has 2 aromatic carbocycles. The fourth-order valence-electron chi connectivity index (χ4n) is 2.35. The molecule has 108 valence electrons. The minimum Gasteiger partial charge on any atom is -0.305 e. The zero-order valence-corrected chi connectivity index (χ0v) is 10.9. The molecule has 0 bridgehead atoms. The van der Waals surface area contributed by atoms with Crippen LogP contribution < -0.4 is 10.2 Å². The number of amides is 2. The maximum Gasteiger partial charge on any atom is 0.326 e. The highest BCUT2D eigenvalue weighted by Gasteiger charge is 2.25. The number of nitrogens with zero attached hydrogens (tertiary/aromatic N) is 1. The molecule has 0 spiro atoms. The van der Waals surface area contributed by atoms with Gasteiger partial charge in [-0.05, 0) is 30.2 Å². The first-order chi connectivity index (χ1) is 10.1. The SMILES string of the molecule is O=C(Nc1ccc(F)c(F)c1F)N1CCc2ccccc21. The Hall–Kier alpha value is -2.50. The number of carbonyl (C=O) groups is 1. The van der Waals surface area contributed by atoms with Crippen LogP contribution in [0.25, 0.3) is 0 Å². The van der Waals surface area contributed by atoms with E-state index in [1.54, 1.807) is 12.1 Å². The Bertz CT molecular complexity index is 718. The molecule has 0 aromatic heterocycles. The Morgan fingerprint density at radius 3 is 2.62 bits per heavy atom. The van der Waals surface area contributed by atoms with E-state index in [-0.39, 0.29) is 5.69 Å². The number of nitrogens with one attached hydrogen (secondary N) is 1. The molecular weight excluding hydrogens is 281 g/mol. The Morgan fingerprint density at radius 1 is 1.05 bits per heavy atom. The van der Waals surface area contributed by atoms with Crippen LogP contribution in [0.5, 0.6) is 0 Å². The van der Waals surface area contributed by atoms with Gasteiger partial charge in [-0.15, -0.1) is 0 Å². The van der Waals surface area contributed by atoms with Gasteiger partial charge in [-0.3, -0.25) is 4.90 Å². The lowest BCUT2D eigenvalue weighted by atomic mass is 10.2. The van der Waals surface area contributed by atoms with Crippen molar-refractivity contribution in [3.8, 4) is 0 Å². The van der Waals surface area contributed by atoms with Gasteiger partial charge < -0.3 is 5.32 Å². The van der Waals surface area contributed by atoms with E-state index in [9.17, 15) is 18.0 Å². The first kappa shape index (κ1) is 13.5. The van der Waals surface area contributed by atoms with Crippen molar-refractivity contribution >= 4 is 17.4 Å². The van der Waals surface area contributed by atoms with Gasteiger partial charge in [0, 0.05) is 12.2 Å². The highest BCUT2D eigenvalue weighted by molar-refractivity contribution is 6.03. The summed E-state index contributed by atoms with van der Waals surface area (Å²) in [4.78, 5) is 13.6. The van der Waals surface area contributed by atoms with Gasteiger partial charge in [0.25, 0.3) is 0 Å². The Balaban J connectivity index is 1.84. The molecule has 0 unspecified atom stereocenters. The number of benzene rings is 2. The average molecular weight is 292 g/mol. The topological polar surface area (TPSA) is 32.3 Å². The number of rotatable bonds is 1. The summed E-state index contributed by atoms with van der Waals surface area (Å²) in [5.74, 6) is -4.30. The zero-order chi connectivity index (χ0) is 15.0. The quantitative estimate of drug-likeness (QED) is 0.799. The Labute approximate surface area is 119 Å². The number of anilines is 2. The van der Waals surface area contributed by atoms with Gasteiger partial charge in [0.1, 0.15) is 0 Å². The number of urea groups is 1. The van der Waals surface area contributed by atoms with Crippen LogP contribution in [-0.4, -0.2) is 12.6 Å². The number of hydrogen-bond donors (Lipinski definition) is 1. The van der Waals surface area contributed by atoms with Crippen LogP contribution >= 0.6 is 0 Å². The molecule has 2 amide bonds. The second-order valence-corrected chi connectivity index (χ2v) is 4.68. The molecule has 3 nitrogen and oxygen atoms in total. The summed E-state index contributed by atoms with van der Waals surface area (Å²) in [6.45, 7) is 0.455. The molecule has 1 aliphatic rings. The fraction of sp³-hybridized carbons (Fsp3) is 0.133. The summed E-state index contributed by atoms with van der Waals surface area (Å²) in [6, 6.07) is 8.53. The van der Waals surface area contributed by atoms with Crippen molar-refractivity contribution in [3.05, 3.63) is 59.4 Å². The van der Waals surface area contributed by atoms with Crippen LogP contribution in [0.2, 0.25) is 0 Å². The minimum atomic E-state index is -1.60. The van der Waals surface area contributed by atoms with Gasteiger partial charge in [-0.2, -0.15) is 0 Å².